The van der Waals surface area contributed by atoms with Gasteiger partial charge in [-0.2, -0.15) is 0 Å². The predicted molar refractivity (Wildman–Crippen MR) is 74.5 cm³/mol. The SMILES string of the molecule is CC(C(=O)O)N(C)C(=O)COc1ccc(Br)cc1Cl. The van der Waals surface area contributed by atoms with Crippen LogP contribution in [0.1, 0.15) is 6.92 Å². The van der Waals surface area contributed by atoms with Gasteiger partial charge in [-0.25, -0.2) is 4.79 Å². The minimum absolute atomic E-state index is 0.268. The summed E-state index contributed by atoms with van der Waals surface area (Å²) >= 11 is 9.19. The molecule has 1 amide bonds. The maximum Gasteiger partial charge on any atom is 0.326 e. The molecule has 1 atom stereocenters. The third kappa shape index (κ3) is 4.40. The number of nitrogens with zero attached hydrogens (tertiary/aromatic N) is 1. The first-order valence-corrected chi connectivity index (χ1v) is 6.56. The van der Waals surface area contributed by atoms with E-state index in [4.69, 9.17) is 21.4 Å². The van der Waals surface area contributed by atoms with Crippen molar-refractivity contribution < 1.29 is 19.4 Å². The second kappa shape index (κ2) is 6.77. The zero-order valence-corrected chi connectivity index (χ0v) is 12.7. The summed E-state index contributed by atoms with van der Waals surface area (Å²) in [4.78, 5) is 23.6. The summed E-state index contributed by atoms with van der Waals surface area (Å²) in [5, 5.41) is 9.17. The molecule has 1 rings (SSSR count). The quantitative estimate of drug-likeness (QED) is 0.885. The molecule has 1 N–H and O–H groups in total. The van der Waals surface area contributed by atoms with Gasteiger partial charge < -0.3 is 14.7 Å². The van der Waals surface area contributed by atoms with E-state index in [1.807, 2.05) is 0 Å². The summed E-state index contributed by atoms with van der Waals surface area (Å²) in [5.74, 6) is -1.14. The van der Waals surface area contributed by atoms with Crippen molar-refractivity contribution >= 4 is 39.4 Å². The Morgan fingerprint density at radius 2 is 2.16 bits per heavy atom. The summed E-state index contributed by atoms with van der Waals surface area (Å²) in [6.07, 6.45) is 0. The van der Waals surface area contributed by atoms with Crippen LogP contribution in [0.2, 0.25) is 5.02 Å². The minimum atomic E-state index is -1.07. The highest BCUT2D eigenvalue weighted by molar-refractivity contribution is 9.10. The van der Waals surface area contributed by atoms with Crippen molar-refractivity contribution in [3.05, 3.63) is 27.7 Å². The number of aliphatic carboxylic acids is 1. The van der Waals surface area contributed by atoms with Gasteiger partial charge in [-0.1, -0.05) is 27.5 Å². The zero-order chi connectivity index (χ0) is 14.6. The van der Waals surface area contributed by atoms with Crippen molar-refractivity contribution in [3.63, 3.8) is 0 Å². The number of ether oxygens (including phenoxy) is 1. The molecule has 0 spiro atoms. The summed E-state index contributed by atoms with van der Waals surface area (Å²) in [5.41, 5.74) is 0. The molecule has 0 saturated carbocycles. The van der Waals surface area contributed by atoms with Gasteiger partial charge >= 0.3 is 5.97 Å². The van der Waals surface area contributed by atoms with Gasteiger partial charge in [0.2, 0.25) is 0 Å². The standard InChI is InChI=1S/C12H13BrClNO4/c1-7(12(17)18)15(2)11(16)6-19-10-4-3-8(13)5-9(10)14/h3-5,7H,6H2,1-2H3,(H,17,18). The molecule has 0 aromatic heterocycles. The number of carbonyl (C=O) groups is 2. The molecule has 0 aliphatic rings. The molecule has 0 aliphatic carbocycles. The van der Waals surface area contributed by atoms with Gasteiger partial charge in [-0.05, 0) is 25.1 Å². The summed E-state index contributed by atoms with van der Waals surface area (Å²) in [7, 11) is 1.41. The zero-order valence-electron chi connectivity index (χ0n) is 10.4. The maximum absolute atomic E-state index is 11.7. The molecule has 0 saturated heterocycles. The summed E-state index contributed by atoms with van der Waals surface area (Å²) in [6, 6.07) is 4.09. The van der Waals surface area contributed by atoms with Crippen LogP contribution >= 0.6 is 27.5 Å². The van der Waals surface area contributed by atoms with Gasteiger partial charge in [-0.15, -0.1) is 0 Å². The molecule has 0 radical (unpaired) electrons. The lowest BCUT2D eigenvalue weighted by atomic mass is 10.3. The van der Waals surface area contributed by atoms with E-state index in [0.29, 0.717) is 10.8 Å². The monoisotopic (exact) mass is 349 g/mol. The highest BCUT2D eigenvalue weighted by Gasteiger charge is 2.22. The van der Waals surface area contributed by atoms with Crippen LogP contribution in [0.3, 0.4) is 0 Å². The number of carboxylic acid groups (broad SMARTS) is 1. The van der Waals surface area contributed by atoms with Crippen LogP contribution in [0.15, 0.2) is 22.7 Å². The molecule has 0 bridgehead atoms. The van der Waals surface area contributed by atoms with E-state index in [1.54, 1.807) is 18.2 Å². The Hall–Kier alpha value is -1.27. The Labute approximate surface area is 124 Å². The van der Waals surface area contributed by atoms with E-state index in [2.05, 4.69) is 15.9 Å². The van der Waals surface area contributed by atoms with Crippen LogP contribution in [-0.2, 0) is 9.59 Å². The number of likely N-dealkylation sites (N-methyl/N-ethyl adjacent to an activating group) is 1. The first kappa shape index (κ1) is 15.8. The van der Waals surface area contributed by atoms with Crippen LogP contribution in [0.5, 0.6) is 5.75 Å². The molecule has 104 valence electrons. The van der Waals surface area contributed by atoms with Crippen molar-refractivity contribution in [3.8, 4) is 5.75 Å². The fraction of sp³-hybridized carbons (Fsp3) is 0.333. The third-order valence-electron chi connectivity index (χ3n) is 2.58. The van der Waals surface area contributed by atoms with Crippen molar-refractivity contribution in [2.24, 2.45) is 0 Å². The highest BCUT2D eigenvalue weighted by Crippen LogP contribution is 2.27. The molecule has 7 heteroatoms. The second-order valence-corrected chi connectivity index (χ2v) is 5.21. The lowest BCUT2D eigenvalue weighted by Crippen LogP contribution is -2.42. The average Bonchev–Trinajstić information content (AvgIpc) is 2.35. The number of hydrogen-bond acceptors (Lipinski definition) is 3. The van der Waals surface area contributed by atoms with Crippen molar-refractivity contribution in [2.45, 2.75) is 13.0 Å². The number of carbonyl (C=O) groups excluding carboxylic acids is 1. The van der Waals surface area contributed by atoms with Gasteiger partial charge in [0.1, 0.15) is 11.8 Å². The summed E-state index contributed by atoms with van der Waals surface area (Å²) < 4.78 is 6.07. The third-order valence-corrected chi connectivity index (χ3v) is 3.37. The van der Waals surface area contributed by atoms with Gasteiger partial charge in [0.05, 0.1) is 5.02 Å². The second-order valence-electron chi connectivity index (χ2n) is 3.88. The first-order chi connectivity index (χ1) is 8.82. The number of halogens is 2. The van der Waals surface area contributed by atoms with Gasteiger partial charge in [0.15, 0.2) is 6.61 Å². The molecule has 5 nitrogen and oxygen atoms in total. The molecule has 0 heterocycles. The Kier molecular flexibility index (Phi) is 5.62. The smallest absolute Gasteiger partial charge is 0.326 e. The van der Waals surface area contributed by atoms with Crippen LogP contribution < -0.4 is 4.74 Å². The molecule has 1 unspecified atom stereocenters. The lowest BCUT2D eigenvalue weighted by Gasteiger charge is -2.21. The van der Waals surface area contributed by atoms with E-state index in [1.165, 1.54) is 14.0 Å². The Morgan fingerprint density at radius 3 is 2.68 bits per heavy atom. The van der Waals surface area contributed by atoms with Gasteiger partial charge in [0.25, 0.3) is 5.91 Å². The Morgan fingerprint density at radius 1 is 1.53 bits per heavy atom. The maximum atomic E-state index is 11.7. The van der Waals surface area contributed by atoms with E-state index in [0.717, 1.165) is 9.37 Å². The molecule has 1 aromatic carbocycles. The van der Waals surface area contributed by atoms with Gasteiger partial charge in [-0.3, -0.25) is 4.79 Å². The number of carboxylic acids is 1. The van der Waals surface area contributed by atoms with Crippen molar-refractivity contribution in [1.82, 2.24) is 4.90 Å². The van der Waals surface area contributed by atoms with E-state index in [-0.39, 0.29) is 6.61 Å². The van der Waals surface area contributed by atoms with Crippen LogP contribution in [-0.4, -0.2) is 41.6 Å². The first-order valence-electron chi connectivity index (χ1n) is 5.39. The molecule has 0 fully saturated rings. The molecular formula is C12H13BrClNO4. The predicted octanol–water partition coefficient (Wildman–Crippen LogP) is 2.41. The Bertz CT molecular complexity index is 495. The van der Waals surface area contributed by atoms with Gasteiger partial charge in [0, 0.05) is 11.5 Å². The fourth-order valence-electron chi connectivity index (χ4n) is 1.22. The molecule has 0 aliphatic heterocycles. The van der Waals surface area contributed by atoms with E-state index in [9.17, 15) is 9.59 Å². The normalized spacial score (nSPS) is 11.8. The molecular weight excluding hydrogens is 337 g/mol. The van der Waals surface area contributed by atoms with Crippen LogP contribution in [0.4, 0.5) is 0 Å². The van der Waals surface area contributed by atoms with E-state index < -0.39 is 17.9 Å². The topological polar surface area (TPSA) is 66.8 Å². The number of amides is 1. The summed E-state index contributed by atoms with van der Waals surface area (Å²) in [6.45, 7) is 1.16. The van der Waals surface area contributed by atoms with Crippen LogP contribution in [0, 0.1) is 0 Å². The number of hydrogen-bond donors (Lipinski definition) is 1. The van der Waals surface area contributed by atoms with E-state index >= 15 is 0 Å². The lowest BCUT2D eigenvalue weighted by molar-refractivity contribution is -0.148. The van der Waals surface area contributed by atoms with Crippen molar-refractivity contribution in [2.75, 3.05) is 13.7 Å². The average molecular weight is 351 g/mol. The number of benzene rings is 1. The van der Waals surface area contributed by atoms with Crippen molar-refractivity contribution in [1.29, 1.82) is 0 Å². The Balaban J connectivity index is 2.61. The minimum Gasteiger partial charge on any atom is -0.482 e. The highest BCUT2D eigenvalue weighted by atomic mass is 79.9. The fourth-order valence-corrected chi connectivity index (χ4v) is 1.94. The number of rotatable bonds is 5. The molecule has 19 heavy (non-hydrogen) atoms. The van der Waals surface area contributed by atoms with Crippen LogP contribution in [0.25, 0.3) is 0 Å². The largest absolute Gasteiger partial charge is 0.482 e. The molecule has 1 aromatic rings.